The molecule has 0 nitrogen and oxygen atoms in total. The average molecular weight is 312 g/mol. The van der Waals surface area contributed by atoms with E-state index in [0.29, 0.717) is 0 Å². The predicted octanol–water partition coefficient (Wildman–Crippen LogP) is 1.11. The predicted molar refractivity (Wildman–Crippen MR) is 61.3 cm³/mol. The molecule has 3 rings (SSSR count). The van der Waals surface area contributed by atoms with Crippen molar-refractivity contribution in [2.24, 2.45) is 5.92 Å². The Morgan fingerprint density at radius 1 is 1.12 bits per heavy atom. The zero-order valence-corrected chi connectivity index (χ0v) is 12.5. The number of fused-ring (bicyclic) bond motifs is 1. The van der Waals surface area contributed by atoms with Crippen LogP contribution in [0.2, 0.25) is 3.63 Å². The van der Waals surface area contributed by atoms with Gasteiger partial charge in [-0.15, -0.1) is 0 Å². The van der Waals surface area contributed by atoms with Crippen LogP contribution in [0.3, 0.4) is 0 Å². The Morgan fingerprint density at radius 2 is 2.00 bits per heavy atom. The maximum Gasteiger partial charge on any atom is -1.00 e. The number of hydrogen-bond acceptors (Lipinski definition) is 0. The zero-order chi connectivity index (χ0) is 10.1. The van der Waals surface area contributed by atoms with Gasteiger partial charge in [-0.05, 0) is 0 Å². The zero-order valence-electron chi connectivity index (χ0n) is 10.3. The van der Waals surface area contributed by atoms with Gasteiger partial charge in [-0.2, -0.15) is 0 Å². The van der Waals surface area contributed by atoms with Crippen LogP contribution in [0.25, 0.3) is 0 Å². The molecule has 0 aliphatic heterocycles. The number of hydrogen-bond donors (Lipinski definition) is 0. The Balaban J connectivity index is 0.000000722. The number of allylic oxidation sites excluding steroid dienone is 8. The Labute approximate surface area is 117 Å². The molecule has 0 bridgehead atoms. The van der Waals surface area contributed by atoms with Crippen LogP contribution in [0, 0.1) is 5.92 Å². The first-order valence-corrected chi connectivity index (χ1v) is 8.57. The Hall–Kier alpha value is 0.133. The number of rotatable bonds is 2. The van der Waals surface area contributed by atoms with Crippen molar-refractivity contribution in [1.29, 1.82) is 0 Å². The molecular weight excluding hydrogens is 295 g/mol. The van der Waals surface area contributed by atoms with E-state index < -0.39 is 0 Å². The minimum absolute atomic E-state index is 0. The van der Waals surface area contributed by atoms with E-state index >= 15 is 0 Å². The van der Waals surface area contributed by atoms with Gasteiger partial charge in [-0.3, -0.25) is 0 Å². The minimum atomic E-state index is -0.299. The summed E-state index contributed by atoms with van der Waals surface area (Å²) in [6.07, 6.45) is 19.5. The van der Waals surface area contributed by atoms with Gasteiger partial charge < -0.3 is 13.8 Å². The maximum absolute atomic E-state index is 2.43. The van der Waals surface area contributed by atoms with Crippen molar-refractivity contribution >= 4 is 0 Å². The molecule has 0 N–H and O–H groups in total. The fourth-order valence-corrected chi connectivity index (χ4v) is 6.99. The minimum Gasteiger partial charge on any atom is -1.00 e. The van der Waals surface area contributed by atoms with Gasteiger partial charge in [0.15, 0.2) is 0 Å². The van der Waals surface area contributed by atoms with Gasteiger partial charge in [0, 0.05) is 0 Å². The monoisotopic (exact) mass is 310 g/mol. The molecule has 0 amide bonds. The largest absolute Gasteiger partial charge is 1.00 e. The first-order chi connectivity index (χ1) is 7.43. The Kier molecular flexibility index (Phi) is 4.44. The maximum atomic E-state index is 2.43. The van der Waals surface area contributed by atoms with E-state index in [2.05, 4.69) is 36.5 Å². The molecule has 16 heavy (non-hydrogen) atoms. The van der Waals surface area contributed by atoms with E-state index in [1.54, 1.807) is 3.28 Å². The van der Waals surface area contributed by atoms with Gasteiger partial charge >= 0.3 is 104 Å². The molecular formula is C14H17ClZr. The molecule has 0 aromatic rings. The second kappa shape index (κ2) is 5.65. The van der Waals surface area contributed by atoms with Crippen LogP contribution in [0.1, 0.15) is 27.1 Å². The second-order valence-corrected chi connectivity index (χ2v) is 8.63. The summed E-state index contributed by atoms with van der Waals surface area (Å²) in [7, 11) is 0. The van der Waals surface area contributed by atoms with Crippen molar-refractivity contribution in [3.63, 3.8) is 0 Å². The van der Waals surface area contributed by atoms with Crippen LogP contribution >= 0.6 is 0 Å². The summed E-state index contributed by atoms with van der Waals surface area (Å²) in [6, 6.07) is 0. The summed E-state index contributed by atoms with van der Waals surface area (Å²) in [4.78, 5) is 0. The van der Waals surface area contributed by atoms with Crippen molar-refractivity contribution in [1.82, 2.24) is 0 Å². The van der Waals surface area contributed by atoms with Gasteiger partial charge in [0.2, 0.25) is 0 Å². The van der Waals surface area contributed by atoms with E-state index in [0.717, 1.165) is 9.54 Å². The van der Waals surface area contributed by atoms with Gasteiger partial charge in [0.25, 0.3) is 0 Å². The van der Waals surface area contributed by atoms with Crippen LogP contribution < -0.4 is 12.4 Å². The van der Waals surface area contributed by atoms with Gasteiger partial charge in [-0.25, -0.2) is 0 Å². The summed E-state index contributed by atoms with van der Waals surface area (Å²) < 4.78 is 2.83. The van der Waals surface area contributed by atoms with Gasteiger partial charge in [0.1, 0.15) is 0 Å². The molecule has 3 aliphatic carbocycles. The van der Waals surface area contributed by atoms with E-state index in [9.17, 15) is 0 Å². The van der Waals surface area contributed by atoms with Crippen molar-refractivity contribution in [3.05, 3.63) is 45.3 Å². The molecule has 0 heterocycles. The van der Waals surface area contributed by atoms with E-state index in [1.165, 1.54) is 25.7 Å². The SMILES string of the molecule is C1=CC[C]([Zr+2][CH]2CCC3CC=CC=C32)=C1.[Cl-].[H-]. The van der Waals surface area contributed by atoms with Crippen LogP contribution in [-0.2, 0) is 23.2 Å². The van der Waals surface area contributed by atoms with Gasteiger partial charge in [0.05, 0.1) is 0 Å². The van der Waals surface area contributed by atoms with Crippen LogP contribution in [0.4, 0.5) is 0 Å². The van der Waals surface area contributed by atoms with Crippen molar-refractivity contribution in [3.8, 4) is 0 Å². The first-order valence-electron chi connectivity index (χ1n) is 5.92. The van der Waals surface area contributed by atoms with E-state index in [4.69, 9.17) is 0 Å². The Morgan fingerprint density at radius 3 is 2.81 bits per heavy atom. The molecule has 84 valence electrons. The molecule has 3 aliphatic rings. The summed E-state index contributed by atoms with van der Waals surface area (Å²) in [5, 5.41) is 0. The molecule has 0 radical (unpaired) electrons. The molecule has 0 aromatic carbocycles. The van der Waals surface area contributed by atoms with Gasteiger partial charge in [-0.1, -0.05) is 0 Å². The fraction of sp³-hybridized carbons (Fsp3) is 0.429. The molecule has 1 saturated carbocycles. The standard InChI is InChI=1S/C9H11.C5H5.ClH.Zr.H/c1-2-5-9-7-3-6-8(9)4-1;1-2-4-5-3-1;;;/h1-2,4,6,9H,3,5,7H2;1-3H,4H2;1H;;/q;;;+2;-1/p-1. The second-order valence-electron chi connectivity index (χ2n) is 4.63. The van der Waals surface area contributed by atoms with Crippen molar-refractivity contribution in [2.45, 2.75) is 29.3 Å². The molecule has 2 atom stereocenters. The van der Waals surface area contributed by atoms with E-state index in [-0.39, 0.29) is 37.1 Å². The van der Waals surface area contributed by atoms with Crippen molar-refractivity contribution < 1.29 is 37.1 Å². The van der Waals surface area contributed by atoms with Crippen LogP contribution in [0.5, 0.6) is 0 Å². The fourth-order valence-electron chi connectivity index (χ4n) is 2.85. The quantitative estimate of drug-likeness (QED) is 0.717. The Bertz CT molecular complexity index is 382. The average Bonchev–Trinajstić information content (AvgIpc) is 2.89. The summed E-state index contributed by atoms with van der Waals surface area (Å²) in [5.74, 6) is 0.927. The summed E-state index contributed by atoms with van der Waals surface area (Å²) >= 11 is -0.299. The molecule has 0 spiro atoms. The topological polar surface area (TPSA) is 0 Å². The summed E-state index contributed by atoms with van der Waals surface area (Å²) in [5.41, 5.74) is 1.82. The smallest absolute Gasteiger partial charge is 1.00 e. The molecule has 0 aromatic heterocycles. The van der Waals surface area contributed by atoms with Crippen molar-refractivity contribution in [2.75, 3.05) is 0 Å². The van der Waals surface area contributed by atoms with Crippen LogP contribution in [0.15, 0.2) is 45.3 Å². The molecule has 2 unspecified atom stereocenters. The number of halogens is 1. The normalized spacial score (nSPS) is 30.2. The molecule has 2 heteroatoms. The molecule has 1 fully saturated rings. The third-order valence-corrected chi connectivity index (χ3v) is 7.86. The molecule has 0 saturated heterocycles. The first kappa shape index (κ1) is 12.6. The van der Waals surface area contributed by atoms with Crippen LogP contribution in [-0.4, -0.2) is 0 Å². The third-order valence-electron chi connectivity index (χ3n) is 3.65. The third kappa shape index (κ3) is 2.51. The van der Waals surface area contributed by atoms with E-state index in [1.807, 2.05) is 5.57 Å². The summed E-state index contributed by atoms with van der Waals surface area (Å²) in [6.45, 7) is 0.